The number of piperidine rings is 1. The van der Waals surface area contributed by atoms with Crippen LogP contribution in [0.2, 0.25) is 0 Å². The number of carbonyl (C=O) groups is 1. The summed E-state index contributed by atoms with van der Waals surface area (Å²) in [4.78, 5) is 17.1. The first-order chi connectivity index (χ1) is 10.7. The topological polar surface area (TPSA) is 51.2 Å². The number of pyridine rings is 1. The fraction of sp³-hybridized carbons (Fsp3) is 0.444. The lowest BCUT2D eigenvalue weighted by molar-refractivity contribution is 0.0934. The van der Waals surface area contributed by atoms with Crippen molar-refractivity contribution >= 4 is 16.7 Å². The third-order valence-corrected chi connectivity index (χ3v) is 4.66. The molecular formula is C18H22N2O2. The first kappa shape index (κ1) is 15.0. The number of hydrogen-bond acceptors (Lipinski definition) is 4. The van der Waals surface area contributed by atoms with Gasteiger partial charge >= 0.3 is 0 Å². The summed E-state index contributed by atoms with van der Waals surface area (Å²) in [6, 6.07) is 7.51. The Kier molecular flexibility index (Phi) is 4.39. The van der Waals surface area contributed by atoms with Crippen molar-refractivity contribution in [3.63, 3.8) is 0 Å². The number of ketones is 1. The third-order valence-electron chi connectivity index (χ3n) is 4.66. The van der Waals surface area contributed by atoms with E-state index in [0.717, 1.165) is 41.7 Å². The minimum atomic E-state index is 0.208. The number of nitrogens with zero attached hydrogens (tertiary/aromatic N) is 1. The van der Waals surface area contributed by atoms with Crippen molar-refractivity contribution in [3.05, 3.63) is 36.0 Å². The third kappa shape index (κ3) is 2.97. The summed E-state index contributed by atoms with van der Waals surface area (Å²) in [6.07, 6.45) is 3.40. The Morgan fingerprint density at radius 3 is 3.05 bits per heavy atom. The molecule has 2 aromatic rings. The SMILES string of the molecule is COc1ccc2nccc(C(=O)CC3CCNCC3C)c2c1. The summed E-state index contributed by atoms with van der Waals surface area (Å²) in [5.41, 5.74) is 1.60. The van der Waals surface area contributed by atoms with Crippen molar-refractivity contribution in [2.24, 2.45) is 11.8 Å². The van der Waals surface area contributed by atoms with Gasteiger partial charge in [0.1, 0.15) is 5.75 Å². The average Bonchev–Trinajstić information content (AvgIpc) is 2.55. The van der Waals surface area contributed by atoms with Crippen LogP contribution in [0, 0.1) is 11.8 Å². The van der Waals surface area contributed by atoms with Crippen LogP contribution in [-0.4, -0.2) is 31.0 Å². The first-order valence-electron chi connectivity index (χ1n) is 7.85. The maximum absolute atomic E-state index is 12.8. The van der Waals surface area contributed by atoms with Crippen molar-refractivity contribution < 1.29 is 9.53 Å². The van der Waals surface area contributed by atoms with Gasteiger partial charge in [0.15, 0.2) is 5.78 Å². The maximum Gasteiger partial charge on any atom is 0.163 e. The number of methoxy groups -OCH3 is 1. The molecule has 1 saturated heterocycles. The summed E-state index contributed by atoms with van der Waals surface area (Å²) in [7, 11) is 1.63. The first-order valence-corrected chi connectivity index (χ1v) is 7.85. The molecule has 1 fully saturated rings. The number of Topliss-reactive ketones (excluding diaryl/α,β-unsaturated/α-hetero) is 1. The average molecular weight is 298 g/mol. The van der Waals surface area contributed by atoms with Crippen molar-refractivity contribution in [3.8, 4) is 5.75 Å². The van der Waals surface area contributed by atoms with E-state index in [4.69, 9.17) is 4.74 Å². The molecule has 0 aliphatic carbocycles. The zero-order valence-corrected chi connectivity index (χ0v) is 13.1. The minimum Gasteiger partial charge on any atom is -0.497 e. The number of rotatable bonds is 4. The number of aromatic nitrogens is 1. The van der Waals surface area contributed by atoms with Gasteiger partial charge in [-0.1, -0.05) is 6.92 Å². The van der Waals surface area contributed by atoms with Crippen molar-refractivity contribution in [1.82, 2.24) is 10.3 Å². The van der Waals surface area contributed by atoms with E-state index in [1.165, 1.54) is 0 Å². The highest BCUT2D eigenvalue weighted by Crippen LogP contribution is 2.27. The number of benzene rings is 1. The van der Waals surface area contributed by atoms with Crippen LogP contribution in [0.1, 0.15) is 30.1 Å². The van der Waals surface area contributed by atoms with Crippen LogP contribution in [-0.2, 0) is 0 Å². The van der Waals surface area contributed by atoms with E-state index in [9.17, 15) is 4.79 Å². The molecule has 4 heteroatoms. The predicted octanol–water partition coefficient (Wildman–Crippen LogP) is 3.06. The molecule has 0 radical (unpaired) electrons. The van der Waals surface area contributed by atoms with Crippen LogP contribution in [0.4, 0.5) is 0 Å². The van der Waals surface area contributed by atoms with Gasteiger partial charge < -0.3 is 10.1 Å². The molecule has 1 aliphatic rings. The highest BCUT2D eigenvalue weighted by molar-refractivity contribution is 6.07. The second kappa shape index (κ2) is 6.44. The molecule has 0 amide bonds. The van der Waals surface area contributed by atoms with Gasteiger partial charge in [-0.3, -0.25) is 9.78 Å². The molecule has 0 saturated carbocycles. The second-order valence-corrected chi connectivity index (χ2v) is 6.10. The van der Waals surface area contributed by atoms with Crippen LogP contribution in [0.15, 0.2) is 30.5 Å². The molecular weight excluding hydrogens is 276 g/mol. The molecule has 3 rings (SSSR count). The van der Waals surface area contributed by atoms with Crippen LogP contribution in [0.25, 0.3) is 10.9 Å². The van der Waals surface area contributed by atoms with E-state index in [0.29, 0.717) is 18.3 Å². The van der Waals surface area contributed by atoms with E-state index >= 15 is 0 Å². The Morgan fingerprint density at radius 1 is 1.41 bits per heavy atom. The van der Waals surface area contributed by atoms with Crippen molar-refractivity contribution in [2.45, 2.75) is 19.8 Å². The molecule has 1 aromatic carbocycles. The number of nitrogens with one attached hydrogen (secondary N) is 1. The predicted molar refractivity (Wildman–Crippen MR) is 87.4 cm³/mol. The van der Waals surface area contributed by atoms with Crippen LogP contribution >= 0.6 is 0 Å². The number of hydrogen-bond donors (Lipinski definition) is 1. The highest BCUT2D eigenvalue weighted by Gasteiger charge is 2.24. The summed E-state index contributed by atoms with van der Waals surface area (Å²) in [5, 5.41) is 4.27. The fourth-order valence-corrected chi connectivity index (χ4v) is 3.22. The molecule has 1 aliphatic heterocycles. The molecule has 1 N–H and O–H groups in total. The lowest BCUT2D eigenvalue weighted by Gasteiger charge is -2.29. The molecule has 1 aromatic heterocycles. The van der Waals surface area contributed by atoms with Crippen LogP contribution in [0.3, 0.4) is 0 Å². The van der Waals surface area contributed by atoms with E-state index in [1.807, 2.05) is 24.3 Å². The maximum atomic E-state index is 12.8. The normalized spacial score (nSPS) is 21.7. The second-order valence-electron chi connectivity index (χ2n) is 6.10. The largest absolute Gasteiger partial charge is 0.497 e. The van der Waals surface area contributed by atoms with Gasteiger partial charge in [0.05, 0.1) is 12.6 Å². The van der Waals surface area contributed by atoms with Crippen molar-refractivity contribution in [2.75, 3.05) is 20.2 Å². The number of ether oxygens (including phenoxy) is 1. The molecule has 4 nitrogen and oxygen atoms in total. The number of fused-ring (bicyclic) bond motifs is 1. The van der Waals surface area contributed by atoms with E-state index in [1.54, 1.807) is 13.3 Å². The van der Waals surface area contributed by atoms with Gasteiger partial charge in [-0.05, 0) is 55.6 Å². The lowest BCUT2D eigenvalue weighted by atomic mass is 9.83. The monoisotopic (exact) mass is 298 g/mol. The van der Waals surface area contributed by atoms with Gasteiger partial charge in [0.2, 0.25) is 0 Å². The zero-order chi connectivity index (χ0) is 15.5. The minimum absolute atomic E-state index is 0.208. The zero-order valence-electron chi connectivity index (χ0n) is 13.1. The molecule has 2 unspecified atom stereocenters. The highest BCUT2D eigenvalue weighted by atomic mass is 16.5. The summed E-state index contributed by atoms with van der Waals surface area (Å²) < 4.78 is 5.28. The molecule has 2 heterocycles. The standard InChI is InChI=1S/C18H22N2O2/c1-12-11-19-7-5-13(12)9-18(21)15-6-8-20-17-4-3-14(22-2)10-16(15)17/h3-4,6,8,10,12-13,19H,5,7,9,11H2,1-2H3. The van der Waals surface area contributed by atoms with Gasteiger partial charge in [-0.25, -0.2) is 0 Å². The molecule has 2 atom stereocenters. The van der Waals surface area contributed by atoms with Crippen molar-refractivity contribution in [1.29, 1.82) is 0 Å². The van der Waals surface area contributed by atoms with E-state index in [-0.39, 0.29) is 5.78 Å². The molecule has 0 bridgehead atoms. The van der Waals surface area contributed by atoms with Gasteiger partial charge in [-0.2, -0.15) is 0 Å². The van der Waals surface area contributed by atoms with Gasteiger partial charge in [-0.15, -0.1) is 0 Å². The number of carbonyl (C=O) groups excluding carboxylic acids is 1. The Balaban J connectivity index is 1.89. The van der Waals surface area contributed by atoms with Gasteiger partial charge in [0, 0.05) is 23.6 Å². The summed E-state index contributed by atoms with van der Waals surface area (Å²) >= 11 is 0. The molecule has 116 valence electrons. The van der Waals surface area contributed by atoms with Gasteiger partial charge in [0.25, 0.3) is 0 Å². The lowest BCUT2D eigenvalue weighted by Crippen LogP contribution is -2.36. The van der Waals surface area contributed by atoms with Crippen LogP contribution in [0.5, 0.6) is 5.75 Å². The summed E-state index contributed by atoms with van der Waals surface area (Å²) in [5.74, 6) is 1.96. The Bertz CT molecular complexity index is 684. The summed E-state index contributed by atoms with van der Waals surface area (Å²) in [6.45, 7) is 4.23. The van der Waals surface area contributed by atoms with E-state index < -0.39 is 0 Å². The fourth-order valence-electron chi connectivity index (χ4n) is 3.22. The smallest absolute Gasteiger partial charge is 0.163 e. The Morgan fingerprint density at radius 2 is 2.27 bits per heavy atom. The Hall–Kier alpha value is -1.94. The molecule has 0 spiro atoms. The Labute approximate surface area is 130 Å². The quantitative estimate of drug-likeness (QED) is 0.881. The van der Waals surface area contributed by atoms with E-state index in [2.05, 4.69) is 17.2 Å². The molecule has 22 heavy (non-hydrogen) atoms. The van der Waals surface area contributed by atoms with Crippen LogP contribution < -0.4 is 10.1 Å².